The van der Waals surface area contributed by atoms with Crippen molar-refractivity contribution in [3.63, 3.8) is 0 Å². The van der Waals surface area contributed by atoms with Gasteiger partial charge in [-0.25, -0.2) is 0 Å². The Labute approximate surface area is 156 Å². The molecular weight excluding hydrogens is 324 g/mol. The number of carbonyl (C=O) groups is 1. The number of hydrogen-bond acceptors (Lipinski definition) is 2. The molecule has 0 aliphatic rings. The maximum absolute atomic E-state index is 12.5. The quantitative estimate of drug-likeness (QED) is 0.223. The van der Waals surface area contributed by atoms with Gasteiger partial charge in [0.15, 0.2) is 5.78 Å². The Balaban J connectivity index is 2.76. The lowest BCUT2D eigenvalue weighted by atomic mass is 10.1. The minimum Gasteiger partial charge on any atom is -0.378 e. The standard InChI is InChI=1S/C22H38O2Si/c1-6-10-12-17-22(25(7-2,8-3)9-4)24-19(5)18-21(23)20-15-13-11-14-16-20/h11,13-16,19,22H,6-10,12,17-18H2,1-5H3/t19-,22-/m0/s1. The number of rotatable bonds is 13. The van der Waals surface area contributed by atoms with Gasteiger partial charge in [0.05, 0.1) is 14.2 Å². The van der Waals surface area contributed by atoms with Gasteiger partial charge in [0.2, 0.25) is 0 Å². The topological polar surface area (TPSA) is 26.3 Å². The summed E-state index contributed by atoms with van der Waals surface area (Å²) in [6.45, 7) is 11.4. The fourth-order valence-electron chi connectivity index (χ4n) is 3.86. The molecule has 25 heavy (non-hydrogen) atoms. The molecule has 0 N–H and O–H groups in total. The summed E-state index contributed by atoms with van der Waals surface area (Å²) in [6, 6.07) is 13.4. The average Bonchev–Trinajstić information content (AvgIpc) is 2.64. The summed E-state index contributed by atoms with van der Waals surface area (Å²) in [5, 5.41) is 0. The summed E-state index contributed by atoms with van der Waals surface area (Å²) in [4.78, 5) is 12.5. The molecule has 2 atom stereocenters. The average molecular weight is 363 g/mol. The molecule has 1 rings (SSSR count). The summed E-state index contributed by atoms with van der Waals surface area (Å²) in [5.74, 6) is 0.192. The highest BCUT2D eigenvalue weighted by atomic mass is 28.3. The monoisotopic (exact) mass is 362 g/mol. The SMILES string of the molecule is CCCCC[C@@H](O[C@@H](C)CC(=O)c1ccccc1)[Si](CC)(CC)CC. The van der Waals surface area contributed by atoms with Gasteiger partial charge in [0.25, 0.3) is 0 Å². The molecule has 0 saturated heterocycles. The second kappa shape index (κ2) is 11.6. The molecule has 142 valence electrons. The zero-order valence-corrected chi connectivity index (χ0v) is 18.0. The van der Waals surface area contributed by atoms with Crippen molar-refractivity contribution >= 4 is 13.9 Å². The molecular formula is C22H38O2Si. The molecule has 0 aliphatic heterocycles. The van der Waals surface area contributed by atoms with E-state index in [1.165, 1.54) is 43.8 Å². The highest BCUT2D eigenvalue weighted by Gasteiger charge is 2.37. The number of benzene rings is 1. The first-order chi connectivity index (χ1) is 12.0. The van der Waals surface area contributed by atoms with Gasteiger partial charge in [-0.3, -0.25) is 4.79 Å². The molecule has 0 unspecified atom stereocenters. The highest BCUT2D eigenvalue weighted by Crippen LogP contribution is 2.31. The van der Waals surface area contributed by atoms with Crippen LogP contribution in [0.4, 0.5) is 0 Å². The molecule has 0 spiro atoms. The number of unbranched alkanes of at least 4 members (excludes halogenated alkanes) is 2. The normalized spacial score (nSPS) is 14.3. The van der Waals surface area contributed by atoms with Crippen LogP contribution in [0.2, 0.25) is 18.1 Å². The van der Waals surface area contributed by atoms with Crippen molar-refractivity contribution in [1.82, 2.24) is 0 Å². The van der Waals surface area contributed by atoms with Crippen LogP contribution in [0, 0.1) is 0 Å². The lowest BCUT2D eigenvalue weighted by Gasteiger charge is -2.38. The maximum Gasteiger partial charge on any atom is 0.165 e. The Morgan fingerprint density at radius 2 is 1.60 bits per heavy atom. The van der Waals surface area contributed by atoms with E-state index in [0.717, 1.165) is 5.56 Å². The number of ether oxygens (including phenoxy) is 1. The van der Waals surface area contributed by atoms with Crippen molar-refractivity contribution < 1.29 is 9.53 Å². The predicted molar refractivity (Wildman–Crippen MR) is 111 cm³/mol. The molecule has 2 nitrogen and oxygen atoms in total. The van der Waals surface area contributed by atoms with Crippen LogP contribution in [0.3, 0.4) is 0 Å². The maximum atomic E-state index is 12.5. The molecule has 0 aromatic heterocycles. The van der Waals surface area contributed by atoms with Crippen LogP contribution in [0.15, 0.2) is 30.3 Å². The van der Waals surface area contributed by atoms with Gasteiger partial charge in [-0.1, -0.05) is 95.4 Å². The fourth-order valence-corrected chi connectivity index (χ4v) is 8.07. The van der Waals surface area contributed by atoms with Crippen molar-refractivity contribution in [3.05, 3.63) is 35.9 Å². The van der Waals surface area contributed by atoms with Gasteiger partial charge in [0.1, 0.15) is 0 Å². The summed E-state index contributed by atoms with van der Waals surface area (Å²) in [6.07, 6.45) is 5.41. The van der Waals surface area contributed by atoms with Gasteiger partial charge >= 0.3 is 0 Å². The fraction of sp³-hybridized carbons (Fsp3) is 0.682. The molecule has 0 bridgehead atoms. The first kappa shape index (κ1) is 22.1. The van der Waals surface area contributed by atoms with Gasteiger partial charge < -0.3 is 4.74 Å². The highest BCUT2D eigenvalue weighted by molar-refractivity contribution is 6.80. The number of carbonyl (C=O) groups excluding carboxylic acids is 1. The van der Waals surface area contributed by atoms with E-state index >= 15 is 0 Å². The Morgan fingerprint density at radius 1 is 1.00 bits per heavy atom. The number of Topliss-reactive ketones (excluding diaryl/α,β-unsaturated/α-hetero) is 1. The second-order valence-corrected chi connectivity index (χ2v) is 12.8. The minimum atomic E-state index is -1.42. The van der Waals surface area contributed by atoms with Gasteiger partial charge in [0, 0.05) is 17.7 Å². The number of hydrogen-bond donors (Lipinski definition) is 0. The lowest BCUT2D eigenvalue weighted by molar-refractivity contribution is 0.0254. The summed E-state index contributed by atoms with van der Waals surface area (Å²) >= 11 is 0. The van der Waals surface area contributed by atoms with E-state index in [9.17, 15) is 4.79 Å². The first-order valence-electron chi connectivity index (χ1n) is 10.3. The van der Waals surface area contributed by atoms with Gasteiger partial charge in [-0.15, -0.1) is 0 Å². The van der Waals surface area contributed by atoms with E-state index < -0.39 is 8.07 Å². The van der Waals surface area contributed by atoms with Gasteiger partial charge in [-0.05, 0) is 13.3 Å². The van der Waals surface area contributed by atoms with Crippen LogP contribution in [-0.2, 0) is 4.74 Å². The molecule has 0 aliphatic carbocycles. The van der Waals surface area contributed by atoms with Crippen LogP contribution >= 0.6 is 0 Å². The van der Waals surface area contributed by atoms with Crippen molar-refractivity contribution in [3.8, 4) is 0 Å². The third kappa shape index (κ3) is 6.71. The zero-order chi connectivity index (χ0) is 18.7. The van der Waals surface area contributed by atoms with Crippen LogP contribution in [0.25, 0.3) is 0 Å². The van der Waals surface area contributed by atoms with Crippen LogP contribution in [0.5, 0.6) is 0 Å². The zero-order valence-electron chi connectivity index (χ0n) is 17.0. The Bertz CT molecular complexity index is 474. The summed E-state index contributed by atoms with van der Waals surface area (Å²) in [7, 11) is -1.42. The largest absolute Gasteiger partial charge is 0.378 e. The second-order valence-electron chi connectivity index (χ2n) is 7.35. The molecule has 1 aromatic rings. The molecule has 0 heterocycles. The van der Waals surface area contributed by atoms with Crippen LogP contribution in [0.1, 0.15) is 77.1 Å². The van der Waals surface area contributed by atoms with E-state index in [1.807, 2.05) is 30.3 Å². The van der Waals surface area contributed by atoms with E-state index in [4.69, 9.17) is 4.74 Å². The van der Waals surface area contributed by atoms with Crippen molar-refractivity contribution in [1.29, 1.82) is 0 Å². The lowest BCUT2D eigenvalue weighted by Crippen LogP contribution is -2.48. The molecule has 3 heteroatoms. The number of ketones is 1. The predicted octanol–water partition coefficient (Wildman–Crippen LogP) is 6.66. The summed E-state index contributed by atoms with van der Waals surface area (Å²) in [5.41, 5.74) is 1.18. The Morgan fingerprint density at radius 3 is 2.12 bits per heavy atom. The minimum absolute atomic E-state index is 0.00384. The molecule has 0 fully saturated rings. The van der Waals surface area contributed by atoms with E-state index in [0.29, 0.717) is 12.1 Å². The molecule has 0 saturated carbocycles. The summed E-state index contributed by atoms with van der Waals surface area (Å²) < 4.78 is 6.57. The van der Waals surface area contributed by atoms with E-state index in [-0.39, 0.29) is 11.9 Å². The first-order valence-corrected chi connectivity index (χ1v) is 13.0. The van der Waals surface area contributed by atoms with E-state index in [2.05, 4.69) is 34.6 Å². The smallest absolute Gasteiger partial charge is 0.165 e. The molecule has 1 aromatic carbocycles. The third-order valence-electron chi connectivity index (χ3n) is 5.83. The van der Waals surface area contributed by atoms with Crippen LogP contribution < -0.4 is 0 Å². The molecule has 0 amide bonds. The van der Waals surface area contributed by atoms with Gasteiger partial charge in [-0.2, -0.15) is 0 Å². The third-order valence-corrected chi connectivity index (χ3v) is 11.8. The Kier molecular flexibility index (Phi) is 10.3. The van der Waals surface area contributed by atoms with Crippen molar-refractivity contribution in [2.24, 2.45) is 0 Å². The Hall–Kier alpha value is -0.933. The van der Waals surface area contributed by atoms with Crippen molar-refractivity contribution in [2.75, 3.05) is 0 Å². The van der Waals surface area contributed by atoms with Crippen LogP contribution in [-0.4, -0.2) is 25.7 Å². The van der Waals surface area contributed by atoms with E-state index in [1.54, 1.807) is 0 Å². The van der Waals surface area contributed by atoms with Crippen molar-refractivity contribution in [2.45, 2.75) is 96.7 Å². The molecule has 0 radical (unpaired) electrons.